The highest BCUT2D eigenvalue weighted by molar-refractivity contribution is 9.10. The predicted octanol–water partition coefficient (Wildman–Crippen LogP) is 2.74. The molecule has 0 aliphatic rings. The van der Waals surface area contributed by atoms with E-state index in [1.807, 2.05) is 0 Å². The fourth-order valence-corrected chi connectivity index (χ4v) is 1.98. The molecule has 0 saturated carbocycles. The second kappa shape index (κ2) is 5.94. The lowest BCUT2D eigenvalue weighted by Crippen LogP contribution is -2.42. The number of imide groups is 1. The summed E-state index contributed by atoms with van der Waals surface area (Å²) in [6, 6.07) is 11.3. The first-order chi connectivity index (χ1) is 9.49. The van der Waals surface area contributed by atoms with Crippen LogP contribution >= 0.6 is 15.9 Å². The van der Waals surface area contributed by atoms with Gasteiger partial charge in [0, 0.05) is 15.6 Å². The Morgan fingerprint density at radius 2 is 1.60 bits per heavy atom. The van der Waals surface area contributed by atoms with Crippen molar-refractivity contribution in [3.63, 3.8) is 0 Å². The maximum absolute atomic E-state index is 12.8. The zero-order valence-electron chi connectivity index (χ0n) is 10.2. The third-order valence-electron chi connectivity index (χ3n) is 2.60. The first-order valence-corrected chi connectivity index (χ1v) is 6.43. The summed E-state index contributed by atoms with van der Waals surface area (Å²) in [5.74, 6) is 3.73. The summed E-state index contributed by atoms with van der Waals surface area (Å²) in [7, 11) is 0. The van der Waals surface area contributed by atoms with Gasteiger partial charge in [-0.05, 0) is 42.5 Å². The van der Waals surface area contributed by atoms with Crippen molar-refractivity contribution in [1.29, 1.82) is 0 Å². The summed E-state index contributed by atoms with van der Waals surface area (Å²) in [6.45, 7) is 0. The van der Waals surface area contributed by atoms with Gasteiger partial charge in [0.25, 0.3) is 11.8 Å². The number of nitrogens with two attached hydrogens (primary N) is 1. The maximum atomic E-state index is 12.8. The van der Waals surface area contributed by atoms with Crippen LogP contribution in [0.5, 0.6) is 0 Å². The highest BCUT2D eigenvalue weighted by Gasteiger charge is 2.21. The molecule has 2 aromatic carbocycles. The lowest BCUT2D eigenvalue weighted by molar-refractivity contribution is 0.0615. The van der Waals surface area contributed by atoms with E-state index in [0.29, 0.717) is 9.48 Å². The van der Waals surface area contributed by atoms with Gasteiger partial charge in [-0.3, -0.25) is 9.59 Å². The second-order valence-electron chi connectivity index (χ2n) is 4.00. The van der Waals surface area contributed by atoms with Crippen molar-refractivity contribution in [3.05, 3.63) is 69.9 Å². The number of halogens is 2. The minimum atomic E-state index is -0.699. The van der Waals surface area contributed by atoms with E-state index in [0.717, 1.165) is 12.1 Å². The SMILES string of the molecule is NN(C(=O)c1ccc(F)cc1)C(=O)c1cccc(Br)c1. The number of hydrazine groups is 1. The van der Waals surface area contributed by atoms with Crippen LogP contribution in [0.4, 0.5) is 4.39 Å². The fraction of sp³-hybridized carbons (Fsp3) is 0. The van der Waals surface area contributed by atoms with Gasteiger partial charge < -0.3 is 0 Å². The highest BCUT2D eigenvalue weighted by Crippen LogP contribution is 2.14. The lowest BCUT2D eigenvalue weighted by atomic mass is 10.1. The quantitative estimate of drug-likeness (QED) is 0.397. The molecule has 2 N–H and O–H groups in total. The normalized spacial score (nSPS) is 10.2. The standard InChI is InChI=1S/C14H10BrFN2O2/c15-11-3-1-2-10(8-11)14(20)18(17)13(19)9-4-6-12(16)7-5-9/h1-8H,17H2. The zero-order valence-corrected chi connectivity index (χ0v) is 11.8. The van der Waals surface area contributed by atoms with E-state index in [-0.39, 0.29) is 11.1 Å². The molecule has 2 rings (SSSR count). The van der Waals surface area contributed by atoms with Crippen LogP contribution in [0.15, 0.2) is 53.0 Å². The molecular formula is C14H10BrFN2O2. The van der Waals surface area contributed by atoms with Crippen LogP contribution in [-0.2, 0) is 0 Å². The molecule has 0 aliphatic carbocycles. The Morgan fingerprint density at radius 3 is 2.20 bits per heavy atom. The number of benzene rings is 2. The van der Waals surface area contributed by atoms with E-state index in [9.17, 15) is 14.0 Å². The van der Waals surface area contributed by atoms with Gasteiger partial charge in [-0.2, -0.15) is 0 Å². The van der Waals surface area contributed by atoms with E-state index < -0.39 is 17.6 Å². The number of carbonyl (C=O) groups excluding carboxylic acids is 2. The van der Waals surface area contributed by atoms with Gasteiger partial charge in [-0.1, -0.05) is 22.0 Å². The van der Waals surface area contributed by atoms with Crippen LogP contribution in [0, 0.1) is 5.82 Å². The molecule has 0 fully saturated rings. The molecule has 20 heavy (non-hydrogen) atoms. The Bertz CT molecular complexity index is 658. The van der Waals surface area contributed by atoms with Gasteiger partial charge in [0.2, 0.25) is 0 Å². The fourth-order valence-electron chi connectivity index (χ4n) is 1.58. The number of hydrogen-bond donors (Lipinski definition) is 1. The first kappa shape index (κ1) is 14.4. The van der Waals surface area contributed by atoms with Crippen LogP contribution in [0.25, 0.3) is 0 Å². The Labute approximate surface area is 123 Å². The summed E-state index contributed by atoms with van der Waals surface area (Å²) in [5, 5.41) is 0.509. The Balaban J connectivity index is 2.22. The number of amides is 2. The largest absolute Gasteiger partial charge is 0.275 e. The molecule has 6 heteroatoms. The molecule has 0 heterocycles. The molecule has 0 aliphatic heterocycles. The molecule has 2 amide bonds. The number of rotatable bonds is 2. The van der Waals surface area contributed by atoms with Gasteiger partial charge in [-0.25, -0.2) is 15.2 Å². The van der Waals surface area contributed by atoms with Crippen molar-refractivity contribution in [2.24, 2.45) is 5.84 Å². The summed E-state index contributed by atoms with van der Waals surface area (Å²) in [5.41, 5.74) is 0.412. The van der Waals surface area contributed by atoms with Crippen LogP contribution in [0.2, 0.25) is 0 Å². The molecule has 0 unspecified atom stereocenters. The van der Waals surface area contributed by atoms with Crippen LogP contribution in [0.3, 0.4) is 0 Å². The predicted molar refractivity (Wildman–Crippen MR) is 75.2 cm³/mol. The van der Waals surface area contributed by atoms with E-state index in [2.05, 4.69) is 15.9 Å². The van der Waals surface area contributed by atoms with Crippen LogP contribution in [-0.4, -0.2) is 16.8 Å². The minimum Gasteiger partial charge on any atom is -0.267 e. The smallest absolute Gasteiger partial charge is 0.267 e. The third-order valence-corrected chi connectivity index (χ3v) is 3.09. The van der Waals surface area contributed by atoms with Gasteiger partial charge in [-0.15, -0.1) is 0 Å². The van der Waals surface area contributed by atoms with Gasteiger partial charge >= 0.3 is 0 Å². The zero-order chi connectivity index (χ0) is 14.7. The molecule has 0 saturated heterocycles. The van der Waals surface area contributed by atoms with Crippen molar-refractivity contribution in [3.8, 4) is 0 Å². The molecule has 0 aromatic heterocycles. The molecule has 4 nitrogen and oxygen atoms in total. The van der Waals surface area contributed by atoms with Crippen molar-refractivity contribution in [2.45, 2.75) is 0 Å². The maximum Gasteiger partial charge on any atom is 0.275 e. The second-order valence-corrected chi connectivity index (χ2v) is 4.91. The van der Waals surface area contributed by atoms with Gasteiger partial charge in [0.05, 0.1) is 0 Å². The topological polar surface area (TPSA) is 63.4 Å². The Hall–Kier alpha value is -2.05. The van der Waals surface area contributed by atoms with Gasteiger partial charge in [0.15, 0.2) is 0 Å². The molecule has 0 atom stereocenters. The van der Waals surface area contributed by atoms with E-state index in [1.165, 1.54) is 12.1 Å². The van der Waals surface area contributed by atoms with Crippen molar-refractivity contribution < 1.29 is 14.0 Å². The molecule has 102 valence electrons. The summed E-state index contributed by atoms with van der Waals surface area (Å²) >= 11 is 3.23. The minimum absolute atomic E-state index is 0.136. The molecule has 2 aromatic rings. The number of nitrogens with zero attached hydrogens (tertiary/aromatic N) is 1. The van der Waals surface area contributed by atoms with Crippen molar-refractivity contribution in [1.82, 2.24) is 5.01 Å². The monoisotopic (exact) mass is 336 g/mol. The number of hydrogen-bond acceptors (Lipinski definition) is 3. The summed E-state index contributed by atoms with van der Waals surface area (Å²) < 4.78 is 13.5. The first-order valence-electron chi connectivity index (χ1n) is 5.63. The van der Waals surface area contributed by atoms with E-state index >= 15 is 0 Å². The summed E-state index contributed by atoms with van der Waals surface area (Å²) in [4.78, 5) is 24.1. The molecule has 0 bridgehead atoms. The van der Waals surface area contributed by atoms with Crippen molar-refractivity contribution >= 4 is 27.7 Å². The van der Waals surface area contributed by atoms with E-state index in [1.54, 1.807) is 24.3 Å². The average molecular weight is 337 g/mol. The molecule has 0 radical (unpaired) electrons. The lowest BCUT2D eigenvalue weighted by Gasteiger charge is -2.15. The van der Waals surface area contributed by atoms with E-state index in [4.69, 9.17) is 5.84 Å². The highest BCUT2D eigenvalue weighted by atomic mass is 79.9. The Morgan fingerprint density at radius 1 is 1.00 bits per heavy atom. The molecule has 0 spiro atoms. The van der Waals surface area contributed by atoms with Gasteiger partial charge in [0.1, 0.15) is 5.82 Å². The molecular weight excluding hydrogens is 327 g/mol. The van der Waals surface area contributed by atoms with Crippen molar-refractivity contribution in [2.75, 3.05) is 0 Å². The summed E-state index contributed by atoms with van der Waals surface area (Å²) in [6.07, 6.45) is 0. The average Bonchev–Trinajstić information content (AvgIpc) is 2.46. The number of carbonyl (C=O) groups is 2. The Kier molecular flexibility index (Phi) is 4.26. The third kappa shape index (κ3) is 3.09. The van der Waals surface area contributed by atoms with Crippen LogP contribution in [0.1, 0.15) is 20.7 Å². The van der Waals surface area contributed by atoms with Crippen LogP contribution < -0.4 is 5.84 Å².